The van der Waals surface area contributed by atoms with Gasteiger partial charge in [0.25, 0.3) is 5.91 Å². The molecule has 0 radical (unpaired) electrons. The van der Waals surface area contributed by atoms with E-state index < -0.39 is 23.4 Å². The zero-order chi connectivity index (χ0) is 21.0. The van der Waals surface area contributed by atoms with Crippen LogP contribution >= 0.6 is 11.8 Å². The van der Waals surface area contributed by atoms with Crippen LogP contribution < -0.4 is 10.7 Å². The summed E-state index contributed by atoms with van der Waals surface area (Å²) in [6.45, 7) is 5.69. The van der Waals surface area contributed by atoms with Crippen LogP contribution in [0.25, 0.3) is 0 Å². The number of urea groups is 1. The molecule has 3 rings (SSSR count). The lowest BCUT2D eigenvalue weighted by Gasteiger charge is -2.21. The SMILES string of the molecule is Cc1ccc(SCC(=O)NN2C(=O)N[C@](C)(CCc3ccccc3)C2=O)c(C)c1. The third-order valence-corrected chi connectivity index (χ3v) is 6.12. The highest BCUT2D eigenvalue weighted by Crippen LogP contribution is 2.24. The Hall–Kier alpha value is -2.80. The number of carbonyl (C=O) groups excluding carboxylic acids is 3. The average Bonchev–Trinajstić information content (AvgIpc) is 2.90. The molecule has 0 spiro atoms. The van der Waals surface area contributed by atoms with Crippen molar-refractivity contribution in [1.29, 1.82) is 0 Å². The summed E-state index contributed by atoms with van der Waals surface area (Å²) >= 11 is 1.38. The van der Waals surface area contributed by atoms with E-state index in [9.17, 15) is 14.4 Å². The third-order valence-electron chi connectivity index (χ3n) is 4.94. The molecule has 152 valence electrons. The van der Waals surface area contributed by atoms with Gasteiger partial charge in [-0.05, 0) is 50.8 Å². The summed E-state index contributed by atoms with van der Waals surface area (Å²) in [5, 5.41) is 3.51. The minimum atomic E-state index is -1.04. The molecule has 1 atom stereocenters. The van der Waals surface area contributed by atoms with Gasteiger partial charge in [0.15, 0.2) is 0 Å². The van der Waals surface area contributed by atoms with Gasteiger partial charge in [-0.3, -0.25) is 15.0 Å². The van der Waals surface area contributed by atoms with Gasteiger partial charge in [-0.2, -0.15) is 5.01 Å². The van der Waals surface area contributed by atoms with Crippen molar-refractivity contribution in [3.8, 4) is 0 Å². The zero-order valence-electron chi connectivity index (χ0n) is 16.8. The maximum absolute atomic E-state index is 12.8. The molecule has 1 heterocycles. The minimum absolute atomic E-state index is 0.113. The van der Waals surface area contributed by atoms with Crippen LogP contribution in [0.4, 0.5) is 4.79 Å². The highest BCUT2D eigenvalue weighted by Gasteiger charge is 2.48. The number of carbonyl (C=O) groups is 3. The van der Waals surface area contributed by atoms with Crippen LogP contribution in [0.5, 0.6) is 0 Å². The Morgan fingerprint density at radius 1 is 1.14 bits per heavy atom. The van der Waals surface area contributed by atoms with Gasteiger partial charge in [0.05, 0.1) is 5.75 Å². The molecular weight excluding hydrogens is 386 g/mol. The summed E-state index contributed by atoms with van der Waals surface area (Å²) in [4.78, 5) is 38.4. The number of rotatable bonds is 7. The Kier molecular flexibility index (Phi) is 6.27. The molecule has 1 aliphatic heterocycles. The normalized spacial score (nSPS) is 18.7. The Morgan fingerprint density at radius 3 is 2.55 bits per heavy atom. The van der Waals surface area contributed by atoms with Gasteiger partial charge in [0.1, 0.15) is 5.54 Å². The van der Waals surface area contributed by atoms with Crippen LogP contribution in [-0.4, -0.2) is 34.1 Å². The first-order valence-corrected chi connectivity index (χ1v) is 10.5. The summed E-state index contributed by atoms with van der Waals surface area (Å²) in [7, 11) is 0. The maximum Gasteiger partial charge on any atom is 0.344 e. The smallest absolute Gasteiger partial charge is 0.322 e. The summed E-state index contributed by atoms with van der Waals surface area (Å²) in [6.07, 6.45) is 1.10. The van der Waals surface area contributed by atoms with Crippen LogP contribution in [0.1, 0.15) is 30.0 Å². The molecule has 29 heavy (non-hydrogen) atoms. The quantitative estimate of drug-likeness (QED) is 0.541. The van der Waals surface area contributed by atoms with Crippen molar-refractivity contribution in [1.82, 2.24) is 15.8 Å². The first-order chi connectivity index (χ1) is 13.8. The van der Waals surface area contributed by atoms with Crippen molar-refractivity contribution in [2.45, 2.75) is 44.0 Å². The highest BCUT2D eigenvalue weighted by atomic mass is 32.2. The second-order valence-electron chi connectivity index (χ2n) is 7.48. The zero-order valence-corrected chi connectivity index (χ0v) is 17.6. The lowest BCUT2D eigenvalue weighted by molar-refractivity contribution is -0.138. The van der Waals surface area contributed by atoms with Gasteiger partial charge in [0, 0.05) is 4.90 Å². The van der Waals surface area contributed by atoms with E-state index in [1.807, 2.05) is 56.3 Å². The van der Waals surface area contributed by atoms with Crippen LogP contribution in [0.15, 0.2) is 53.4 Å². The van der Waals surface area contributed by atoms with Crippen LogP contribution in [0.3, 0.4) is 0 Å². The number of hydrazine groups is 1. The van der Waals surface area contributed by atoms with E-state index in [1.165, 1.54) is 11.8 Å². The van der Waals surface area contributed by atoms with E-state index in [2.05, 4.69) is 16.8 Å². The van der Waals surface area contributed by atoms with Gasteiger partial charge in [-0.15, -0.1) is 11.8 Å². The largest absolute Gasteiger partial charge is 0.344 e. The van der Waals surface area contributed by atoms with E-state index in [1.54, 1.807) is 6.92 Å². The topological polar surface area (TPSA) is 78.5 Å². The number of nitrogens with zero attached hydrogens (tertiary/aromatic N) is 1. The lowest BCUT2D eigenvalue weighted by Crippen LogP contribution is -2.49. The number of imide groups is 1. The van der Waals surface area contributed by atoms with Crippen LogP contribution in [0.2, 0.25) is 0 Å². The molecule has 0 bridgehead atoms. The first kappa shape index (κ1) is 20.9. The van der Waals surface area contributed by atoms with E-state index in [0.717, 1.165) is 26.6 Å². The summed E-state index contributed by atoms with van der Waals surface area (Å²) in [6, 6.07) is 15.2. The fourth-order valence-electron chi connectivity index (χ4n) is 3.26. The van der Waals surface area contributed by atoms with Crippen molar-refractivity contribution in [2.24, 2.45) is 0 Å². The van der Waals surface area contributed by atoms with Crippen LogP contribution in [0, 0.1) is 13.8 Å². The fourth-order valence-corrected chi connectivity index (χ4v) is 4.06. The summed E-state index contributed by atoms with van der Waals surface area (Å²) in [5.41, 5.74) is 4.74. The molecule has 2 aromatic carbocycles. The molecular formula is C22H25N3O3S. The number of amides is 4. The number of benzene rings is 2. The van der Waals surface area contributed by atoms with Gasteiger partial charge < -0.3 is 5.32 Å². The fraction of sp³-hybridized carbons (Fsp3) is 0.318. The van der Waals surface area contributed by atoms with E-state index in [-0.39, 0.29) is 5.75 Å². The predicted octanol–water partition coefficient (Wildman–Crippen LogP) is 3.37. The second kappa shape index (κ2) is 8.69. The molecule has 0 saturated carbocycles. The number of nitrogens with one attached hydrogen (secondary N) is 2. The van der Waals surface area contributed by atoms with Gasteiger partial charge in [0.2, 0.25) is 5.91 Å². The van der Waals surface area contributed by atoms with E-state index in [0.29, 0.717) is 12.8 Å². The molecule has 1 saturated heterocycles. The molecule has 2 aromatic rings. The monoisotopic (exact) mass is 411 g/mol. The van der Waals surface area contributed by atoms with Gasteiger partial charge in [-0.25, -0.2) is 4.79 Å². The summed E-state index contributed by atoms with van der Waals surface area (Å²) < 4.78 is 0. The number of hydrogen-bond donors (Lipinski definition) is 2. The van der Waals surface area contributed by atoms with Crippen molar-refractivity contribution in [3.63, 3.8) is 0 Å². The lowest BCUT2D eigenvalue weighted by atomic mass is 9.93. The van der Waals surface area contributed by atoms with E-state index in [4.69, 9.17) is 0 Å². The molecule has 0 aromatic heterocycles. The van der Waals surface area contributed by atoms with Crippen molar-refractivity contribution in [3.05, 3.63) is 65.2 Å². The number of aryl methyl sites for hydroxylation is 3. The molecule has 2 N–H and O–H groups in total. The standard InChI is InChI=1S/C22H25N3O3S/c1-15-9-10-18(16(2)13-15)29-14-19(26)24-25-20(27)22(3,23-21(25)28)12-11-17-7-5-4-6-8-17/h4-10,13H,11-12,14H2,1-3H3,(H,23,28)(H,24,26)/t22-/m1/s1. The average molecular weight is 412 g/mol. The van der Waals surface area contributed by atoms with Gasteiger partial charge >= 0.3 is 6.03 Å². The van der Waals surface area contributed by atoms with Crippen molar-refractivity contribution >= 4 is 29.6 Å². The van der Waals surface area contributed by atoms with E-state index >= 15 is 0 Å². The van der Waals surface area contributed by atoms with Crippen molar-refractivity contribution < 1.29 is 14.4 Å². The van der Waals surface area contributed by atoms with Crippen LogP contribution in [-0.2, 0) is 16.0 Å². The van der Waals surface area contributed by atoms with Gasteiger partial charge in [-0.1, -0.05) is 48.0 Å². The molecule has 0 unspecified atom stereocenters. The number of thioether (sulfide) groups is 1. The Labute approximate surface area is 175 Å². The molecule has 6 nitrogen and oxygen atoms in total. The first-order valence-electron chi connectivity index (χ1n) is 9.49. The molecule has 0 aliphatic carbocycles. The highest BCUT2D eigenvalue weighted by molar-refractivity contribution is 8.00. The Morgan fingerprint density at radius 2 is 1.86 bits per heavy atom. The predicted molar refractivity (Wildman–Crippen MR) is 113 cm³/mol. The summed E-state index contributed by atoms with van der Waals surface area (Å²) in [5.74, 6) is -0.726. The Bertz CT molecular complexity index is 932. The number of hydrogen-bond acceptors (Lipinski definition) is 4. The maximum atomic E-state index is 12.8. The molecule has 4 amide bonds. The minimum Gasteiger partial charge on any atom is -0.322 e. The third kappa shape index (κ3) is 4.98. The Balaban J connectivity index is 1.56. The van der Waals surface area contributed by atoms with Crippen molar-refractivity contribution in [2.75, 3.05) is 5.75 Å². The molecule has 1 aliphatic rings. The molecule has 1 fully saturated rings. The second-order valence-corrected chi connectivity index (χ2v) is 8.50. The molecule has 7 heteroatoms.